The van der Waals surface area contributed by atoms with Crippen molar-refractivity contribution in [2.75, 3.05) is 12.4 Å². The molecule has 1 aromatic rings. The number of hydrogen-bond donors (Lipinski definition) is 3. The molecule has 1 aliphatic carbocycles. The maximum atomic E-state index is 11.8. The minimum Gasteiger partial charge on any atom is -0.389 e. The molecule has 19 heavy (non-hydrogen) atoms. The van der Waals surface area contributed by atoms with Crippen LogP contribution < -0.4 is 10.6 Å². The van der Waals surface area contributed by atoms with Gasteiger partial charge in [-0.3, -0.25) is 0 Å². The van der Waals surface area contributed by atoms with Crippen molar-refractivity contribution in [2.45, 2.75) is 38.0 Å². The predicted molar refractivity (Wildman–Crippen MR) is 73.0 cm³/mol. The predicted octanol–water partition coefficient (Wildman–Crippen LogP) is 2.04. The number of carbonyl (C=O) groups excluding carboxylic acids is 1. The average molecular weight is 264 g/mol. The molecule has 1 saturated carbocycles. The fourth-order valence-corrected chi connectivity index (χ4v) is 2.10. The van der Waals surface area contributed by atoms with Crippen LogP contribution in [0.25, 0.3) is 0 Å². The molecule has 1 fully saturated rings. The first kappa shape index (κ1) is 13.8. The summed E-state index contributed by atoms with van der Waals surface area (Å²) < 4.78 is 5.16. The second-order valence-electron chi connectivity index (χ2n) is 4.93. The van der Waals surface area contributed by atoms with Gasteiger partial charge in [-0.2, -0.15) is 0 Å². The third-order valence-corrected chi connectivity index (χ3v) is 3.39. The zero-order chi connectivity index (χ0) is 13.8. The summed E-state index contributed by atoms with van der Waals surface area (Å²) >= 11 is 0. The Kier molecular flexibility index (Phi) is 4.39. The highest BCUT2D eigenvalue weighted by molar-refractivity contribution is 5.89. The lowest BCUT2D eigenvalue weighted by Gasteiger charge is -2.34. The number of urea groups is 1. The van der Waals surface area contributed by atoms with E-state index in [4.69, 9.17) is 4.74 Å². The number of aliphatic hydroxyl groups is 1. The maximum Gasteiger partial charge on any atom is 0.319 e. The van der Waals surface area contributed by atoms with E-state index in [-0.39, 0.29) is 18.2 Å². The van der Waals surface area contributed by atoms with Gasteiger partial charge >= 0.3 is 6.03 Å². The van der Waals surface area contributed by atoms with E-state index in [0.29, 0.717) is 5.69 Å². The van der Waals surface area contributed by atoms with E-state index in [1.54, 1.807) is 26.2 Å². The van der Waals surface area contributed by atoms with Gasteiger partial charge in [-0.25, -0.2) is 4.79 Å². The first-order valence-electron chi connectivity index (χ1n) is 6.47. The monoisotopic (exact) mass is 264 g/mol. The van der Waals surface area contributed by atoms with Crippen LogP contribution in [0, 0.1) is 0 Å². The van der Waals surface area contributed by atoms with Crippen LogP contribution in [0.1, 0.15) is 31.4 Å². The summed E-state index contributed by atoms with van der Waals surface area (Å²) in [6.45, 7) is 1.69. The van der Waals surface area contributed by atoms with E-state index < -0.39 is 6.10 Å². The zero-order valence-corrected chi connectivity index (χ0v) is 11.2. The Morgan fingerprint density at radius 3 is 2.84 bits per heavy atom. The van der Waals surface area contributed by atoms with Crippen LogP contribution in [0.15, 0.2) is 24.3 Å². The molecule has 0 saturated heterocycles. The highest BCUT2D eigenvalue weighted by atomic mass is 16.5. The largest absolute Gasteiger partial charge is 0.389 e. The van der Waals surface area contributed by atoms with Gasteiger partial charge in [0.25, 0.3) is 0 Å². The number of carbonyl (C=O) groups is 1. The Hall–Kier alpha value is -1.59. The Morgan fingerprint density at radius 1 is 1.47 bits per heavy atom. The van der Waals surface area contributed by atoms with Crippen molar-refractivity contribution >= 4 is 11.7 Å². The van der Waals surface area contributed by atoms with Crippen molar-refractivity contribution in [2.24, 2.45) is 0 Å². The number of aliphatic hydroxyl groups excluding tert-OH is 1. The summed E-state index contributed by atoms with van der Waals surface area (Å²) in [4.78, 5) is 11.8. The molecule has 2 amide bonds. The van der Waals surface area contributed by atoms with Crippen LogP contribution >= 0.6 is 0 Å². The lowest BCUT2D eigenvalue weighted by Crippen LogP contribution is -2.48. The quantitative estimate of drug-likeness (QED) is 0.779. The van der Waals surface area contributed by atoms with Gasteiger partial charge in [0.15, 0.2) is 0 Å². The first-order chi connectivity index (χ1) is 9.08. The molecule has 0 bridgehead atoms. The number of nitrogens with one attached hydrogen (secondary N) is 2. The Balaban J connectivity index is 1.84. The highest BCUT2D eigenvalue weighted by Gasteiger charge is 2.30. The molecular formula is C14H20N2O3. The van der Waals surface area contributed by atoms with Crippen LogP contribution in [0.5, 0.6) is 0 Å². The lowest BCUT2D eigenvalue weighted by molar-refractivity contribution is 0.0210. The number of ether oxygens (including phenoxy) is 1. The van der Waals surface area contributed by atoms with Crippen molar-refractivity contribution in [3.8, 4) is 0 Å². The van der Waals surface area contributed by atoms with E-state index >= 15 is 0 Å². The van der Waals surface area contributed by atoms with E-state index in [1.165, 1.54) is 0 Å². The molecule has 0 radical (unpaired) electrons. The molecule has 104 valence electrons. The van der Waals surface area contributed by atoms with Crippen LogP contribution in [0.4, 0.5) is 10.5 Å². The second kappa shape index (κ2) is 6.04. The minimum absolute atomic E-state index is 0.185. The van der Waals surface area contributed by atoms with Crippen molar-refractivity contribution in [3.05, 3.63) is 29.8 Å². The zero-order valence-electron chi connectivity index (χ0n) is 11.2. The minimum atomic E-state index is -0.543. The third kappa shape index (κ3) is 3.68. The smallest absolute Gasteiger partial charge is 0.319 e. The topological polar surface area (TPSA) is 70.6 Å². The molecule has 5 nitrogen and oxygen atoms in total. The highest BCUT2D eigenvalue weighted by Crippen LogP contribution is 2.22. The van der Waals surface area contributed by atoms with Gasteiger partial charge in [-0.15, -0.1) is 0 Å². The SMILES string of the molecule is COC1CC(NC(=O)Nc2cccc(C(C)O)c2)C1. The van der Waals surface area contributed by atoms with Gasteiger partial charge in [-0.1, -0.05) is 12.1 Å². The Labute approximate surface area is 113 Å². The molecule has 3 N–H and O–H groups in total. The van der Waals surface area contributed by atoms with Crippen molar-refractivity contribution in [3.63, 3.8) is 0 Å². The number of anilines is 1. The van der Waals surface area contributed by atoms with Gasteiger partial charge in [0.05, 0.1) is 12.2 Å². The van der Waals surface area contributed by atoms with Crippen LogP contribution in [0.3, 0.4) is 0 Å². The molecule has 1 unspecified atom stereocenters. The summed E-state index contributed by atoms with van der Waals surface area (Å²) in [5.74, 6) is 0. The van der Waals surface area contributed by atoms with Crippen molar-refractivity contribution < 1.29 is 14.6 Å². The van der Waals surface area contributed by atoms with E-state index in [0.717, 1.165) is 18.4 Å². The molecule has 2 rings (SSSR count). The molecule has 0 aromatic heterocycles. The molecule has 1 aromatic carbocycles. The van der Waals surface area contributed by atoms with Gasteiger partial charge in [0, 0.05) is 18.8 Å². The Bertz CT molecular complexity index is 442. The summed E-state index contributed by atoms with van der Waals surface area (Å²) in [7, 11) is 1.68. The average Bonchev–Trinajstić information content (AvgIpc) is 2.33. The van der Waals surface area contributed by atoms with E-state index in [1.807, 2.05) is 12.1 Å². The fourth-order valence-electron chi connectivity index (χ4n) is 2.10. The molecular weight excluding hydrogens is 244 g/mol. The number of rotatable bonds is 4. The fraction of sp³-hybridized carbons (Fsp3) is 0.500. The van der Waals surface area contributed by atoms with Crippen LogP contribution in [0.2, 0.25) is 0 Å². The van der Waals surface area contributed by atoms with Crippen molar-refractivity contribution in [1.82, 2.24) is 5.32 Å². The van der Waals surface area contributed by atoms with Gasteiger partial charge < -0.3 is 20.5 Å². The second-order valence-corrected chi connectivity index (χ2v) is 4.93. The third-order valence-electron chi connectivity index (χ3n) is 3.39. The van der Waals surface area contributed by atoms with Gasteiger partial charge in [-0.05, 0) is 37.5 Å². The number of hydrogen-bond acceptors (Lipinski definition) is 3. The van der Waals surface area contributed by atoms with Crippen LogP contribution in [-0.4, -0.2) is 30.4 Å². The van der Waals surface area contributed by atoms with Crippen molar-refractivity contribution in [1.29, 1.82) is 0 Å². The molecule has 0 aliphatic heterocycles. The number of methoxy groups -OCH3 is 1. The standard InChI is InChI=1S/C14H20N2O3/c1-9(17)10-4-3-5-11(6-10)15-14(18)16-12-7-13(8-12)19-2/h3-6,9,12-13,17H,7-8H2,1-2H3,(H2,15,16,18). The summed E-state index contributed by atoms with van der Waals surface area (Å²) in [6.07, 6.45) is 1.44. The lowest BCUT2D eigenvalue weighted by atomic mass is 9.89. The summed E-state index contributed by atoms with van der Waals surface area (Å²) in [5, 5.41) is 15.1. The van der Waals surface area contributed by atoms with Gasteiger partial charge in [0.1, 0.15) is 0 Å². The van der Waals surface area contributed by atoms with Crippen LogP contribution in [-0.2, 0) is 4.74 Å². The summed E-state index contributed by atoms with van der Waals surface area (Å²) in [6, 6.07) is 7.16. The first-order valence-corrected chi connectivity index (χ1v) is 6.47. The molecule has 0 spiro atoms. The molecule has 1 atom stereocenters. The van der Waals surface area contributed by atoms with E-state index in [2.05, 4.69) is 10.6 Å². The normalized spacial score (nSPS) is 23.3. The molecule has 0 heterocycles. The molecule has 1 aliphatic rings. The van der Waals surface area contributed by atoms with E-state index in [9.17, 15) is 9.90 Å². The number of benzene rings is 1. The summed E-state index contributed by atoms with van der Waals surface area (Å²) in [5.41, 5.74) is 1.46. The molecule has 5 heteroatoms. The van der Waals surface area contributed by atoms with Gasteiger partial charge in [0.2, 0.25) is 0 Å². The Morgan fingerprint density at radius 2 is 2.21 bits per heavy atom. The maximum absolute atomic E-state index is 11.8. The number of amides is 2.